The second-order valence-electron chi connectivity index (χ2n) is 9.30. The number of carbonyl (C=O) groups excluding carboxylic acids is 1. The molecule has 5 rings (SSSR count). The number of fused-ring (bicyclic) bond motifs is 1. The lowest BCUT2D eigenvalue weighted by Gasteiger charge is -2.20. The van der Waals surface area contributed by atoms with Crippen LogP contribution >= 0.6 is 24.0 Å². The van der Waals surface area contributed by atoms with Gasteiger partial charge < -0.3 is 19.5 Å². The van der Waals surface area contributed by atoms with Gasteiger partial charge in [0, 0.05) is 25.3 Å². The van der Waals surface area contributed by atoms with E-state index in [2.05, 4.69) is 11.4 Å². The van der Waals surface area contributed by atoms with E-state index in [1.54, 1.807) is 22.5 Å². The summed E-state index contributed by atoms with van der Waals surface area (Å²) >= 11 is 6.76. The molecule has 1 N–H and O–H groups in total. The molecule has 9 nitrogen and oxygen atoms in total. The maximum absolute atomic E-state index is 13.4. The molecule has 0 spiro atoms. The van der Waals surface area contributed by atoms with Gasteiger partial charge in [-0.3, -0.25) is 19.1 Å². The van der Waals surface area contributed by atoms with Crippen molar-refractivity contribution in [2.45, 2.75) is 52.3 Å². The first-order valence-electron chi connectivity index (χ1n) is 12.6. The number of hydrogen-bond donors (Lipinski definition) is 1. The van der Waals surface area contributed by atoms with Gasteiger partial charge in [-0.2, -0.15) is 5.26 Å². The summed E-state index contributed by atoms with van der Waals surface area (Å²) in [5, 5.41) is 13.2. The molecule has 0 aliphatic carbocycles. The number of thiocarbonyl (C=S) groups is 1. The normalized spacial score (nSPS) is 19.4. The zero-order valence-corrected chi connectivity index (χ0v) is 22.9. The number of amides is 1. The van der Waals surface area contributed by atoms with Gasteiger partial charge in [-0.05, 0) is 55.5 Å². The highest BCUT2D eigenvalue weighted by atomic mass is 32.2. The van der Waals surface area contributed by atoms with Crippen molar-refractivity contribution >= 4 is 46.1 Å². The Morgan fingerprint density at radius 3 is 2.84 bits per heavy atom. The van der Waals surface area contributed by atoms with Gasteiger partial charge in [0.05, 0.1) is 17.6 Å². The Morgan fingerprint density at radius 2 is 2.11 bits per heavy atom. The topological polar surface area (TPSA) is 106 Å². The van der Waals surface area contributed by atoms with E-state index in [9.17, 15) is 14.9 Å². The SMILES string of the molecule is CCCn1c(NCc2ccc3c(c2)OCO3)c(/C=C2/SC(=S)N(CC3CCCO3)C2=O)c(C)c(C#N)c1=O. The number of rotatable bonds is 8. The van der Waals surface area contributed by atoms with Gasteiger partial charge in [-0.1, -0.05) is 37.0 Å². The van der Waals surface area contributed by atoms with Crippen LogP contribution in [0.25, 0.3) is 6.08 Å². The smallest absolute Gasteiger partial charge is 0.270 e. The summed E-state index contributed by atoms with van der Waals surface area (Å²) < 4.78 is 18.7. The number of aromatic nitrogens is 1. The Balaban J connectivity index is 1.52. The first-order valence-corrected chi connectivity index (χ1v) is 13.8. The minimum Gasteiger partial charge on any atom is -0.454 e. The van der Waals surface area contributed by atoms with Crippen LogP contribution in [-0.2, 0) is 22.6 Å². The molecule has 3 aliphatic heterocycles. The maximum atomic E-state index is 13.4. The highest BCUT2D eigenvalue weighted by molar-refractivity contribution is 8.26. The number of nitrogens with one attached hydrogen (secondary N) is 1. The van der Waals surface area contributed by atoms with Crippen molar-refractivity contribution in [1.82, 2.24) is 9.47 Å². The molecular weight excluding hydrogens is 524 g/mol. The molecule has 198 valence electrons. The molecule has 0 saturated carbocycles. The lowest BCUT2D eigenvalue weighted by Crippen LogP contribution is -2.35. The Morgan fingerprint density at radius 1 is 1.29 bits per heavy atom. The fourth-order valence-corrected chi connectivity index (χ4v) is 6.06. The van der Waals surface area contributed by atoms with E-state index in [-0.39, 0.29) is 29.9 Å². The molecule has 38 heavy (non-hydrogen) atoms. The number of nitriles is 1. The molecule has 11 heteroatoms. The summed E-state index contributed by atoms with van der Waals surface area (Å²) in [5.74, 6) is 1.72. The highest BCUT2D eigenvalue weighted by Gasteiger charge is 2.35. The second-order valence-corrected chi connectivity index (χ2v) is 11.0. The summed E-state index contributed by atoms with van der Waals surface area (Å²) in [4.78, 5) is 28.7. The molecule has 2 aromatic rings. The number of thioether (sulfide) groups is 1. The number of nitrogens with zero attached hydrogens (tertiary/aromatic N) is 3. The molecular formula is C27H28N4O5S2. The van der Waals surface area contributed by atoms with Crippen molar-refractivity contribution in [2.75, 3.05) is 25.3 Å². The zero-order valence-electron chi connectivity index (χ0n) is 21.2. The largest absolute Gasteiger partial charge is 0.454 e. The van der Waals surface area contributed by atoms with Crippen LogP contribution in [0.1, 0.15) is 48.4 Å². The molecule has 2 fully saturated rings. The lowest BCUT2D eigenvalue weighted by atomic mass is 10.0. The van der Waals surface area contributed by atoms with E-state index in [0.29, 0.717) is 70.3 Å². The van der Waals surface area contributed by atoms with Gasteiger partial charge in [0.25, 0.3) is 11.5 Å². The van der Waals surface area contributed by atoms with Crippen molar-refractivity contribution in [1.29, 1.82) is 5.26 Å². The minimum absolute atomic E-state index is 0.0193. The Labute approximate surface area is 230 Å². The Hall–Kier alpha value is -3.33. The third kappa shape index (κ3) is 5.04. The molecule has 1 atom stereocenters. The van der Waals surface area contributed by atoms with Gasteiger partial charge in [-0.25, -0.2) is 0 Å². The molecule has 4 heterocycles. The van der Waals surface area contributed by atoms with Crippen molar-refractivity contribution < 1.29 is 19.0 Å². The van der Waals surface area contributed by atoms with Gasteiger partial charge in [0.1, 0.15) is 21.8 Å². The van der Waals surface area contributed by atoms with Crippen LogP contribution in [0.3, 0.4) is 0 Å². The molecule has 0 radical (unpaired) electrons. The van der Waals surface area contributed by atoms with E-state index in [1.807, 2.05) is 25.1 Å². The summed E-state index contributed by atoms with van der Waals surface area (Å²) in [6, 6.07) is 7.74. The van der Waals surface area contributed by atoms with Crippen LogP contribution in [0.4, 0.5) is 5.82 Å². The fourth-order valence-electron chi connectivity index (χ4n) is 4.81. The van der Waals surface area contributed by atoms with E-state index < -0.39 is 0 Å². The second kappa shape index (κ2) is 11.2. The predicted molar refractivity (Wildman–Crippen MR) is 149 cm³/mol. The van der Waals surface area contributed by atoms with Gasteiger partial charge in [0.2, 0.25) is 6.79 Å². The first-order chi connectivity index (χ1) is 18.4. The van der Waals surface area contributed by atoms with Crippen molar-refractivity contribution in [2.24, 2.45) is 0 Å². The number of ether oxygens (including phenoxy) is 3. The number of anilines is 1. The third-order valence-corrected chi connectivity index (χ3v) is 8.16. The number of carbonyl (C=O) groups is 1. The fraction of sp³-hybridized carbons (Fsp3) is 0.407. The molecule has 1 aromatic heterocycles. The van der Waals surface area contributed by atoms with Crippen LogP contribution < -0.4 is 20.3 Å². The quantitative estimate of drug-likeness (QED) is 0.382. The third-order valence-electron chi connectivity index (χ3n) is 6.78. The predicted octanol–water partition coefficient (Wildman–Crippen LogP) is 4.16. The number of hydrogen-bond acceptors (Lipinski definition) is 9. The van der Waals surface area contributed by atoms with Crippen molar-refractivity contribution in [3.05, 3.63) is 55.7 Å². The van der Waals surface area contributed by atoms with Gasteiger partial charge in [-0.15, -0.1) is 0 Å². The Kier molecular flexibility index (Phi) is 7.74. The van der Waals surface area contributed by atoms with Gasteiger partial charge >= 0.3 is 0 Å². The van der Waals surface area contributed by atoms with Crippen LogP contribution in [0.5, 0.6) is 11.5 Å². The monoisotopic (exact) mass is 552 g/mol. The first kappa shape index (κ1) is 26.3. The van der Waals surface area contributed by atoms with Crippen molar-refractivity contribution in [3.8, 4) is 17.6 Å². The average molecular weight is 553 g/mol. The van der Waals surface area contributed by atoms with Crippen LogP contribution in [-0.4, -0.2) is 45.7 Å². The molecule has 2 saturated heterocycles. The van der Waals surface area contributed by atoms with Crippen LogP contribution in [0.2, 0.25) is 0 Å². The summed E-state index contributed by atoms with van der Waals surface area (Å²) in [6.45, 7) is 5.82. The molecule has 1 unspecified atom stereocenters. The highest BCUT2D eigenvalue weighted by Crippen LogP contribution is 2.36. The Bertz CT molecular complexity index is 1420. The average Bonchev–Trinajstić information content (AvgIpc) is 3.65. The van der Waals surface area contributed by atoms with Crippen LogP contribution in [0, 0.1) is 18.3 Å². The number of benzene rings is 1. The minimum atomic E-state index is -0.358. The maximum Gasteiger partial charge on any atom is 0.270 e. The van der Waals surface area contributed by atoms with Gasteiger partial charge in [0.15, 0.2) is 11.5 Å². The molecule has 1 amide bonds. The standard InChI is InChI=1S/C27H28N4O5S2/c1-3-8-30-24(29-13-17-6-7-21-22(10-17)36-15-35-21)19(16(2)20(12-28)25(30)32)11-23-26(33)31(27(37)38-23)14-18-5-4-9-34-18/h6-7,10-11,18,29H,3-5,8-9,13-15H2,1-2H3/b23-11+. The number of pyridine rings is 1. The molecule has 1 aromatic carbocycles. The zero-order chi connectivity index (χ0) is 26.8. The molecule has 3 aliphatic rings. The van der Waals surface area contributed by atoms with E-state index >= 15 is 0 Å². The summed E-state index contributed by atoms with van der Waals surface area (Å²) in [6.07, 6.45) is 4.29. The van der Waals surface area contributed by atoms with E-state index in [1.165, 1.54) is 11.8 Å². The molecule has 0 bridgehead atoms. The van der Waals surface area contributed by atoms with Crippen molar-refractivity contribution in [3.63, 3.8) is 0 Å². The van der Waals surface area contributed by atoms with E-state index in [0.717, 1.165) is 18.4 Å². The summed E-state index contributed by atoms with van der Waals surface area (Å²) in [7, 11) is 0. The van der Waals surface area contributed by atoms with Crippen LogP contribution in [0.15, 0.2) is 27.9 Å². The van der Waals surface area contributed by atoms with E-state index in [4.69, 9.17) is 26.4 Å². The summed E-state index contributed by atoms with van der Waals surface area (Å²) in [5.41, 5.74) is 1.77. The lowest BCUT2D eigenvalue weighted by molar-refractivity contribution is -0.123.